The summed E-state index contributed by atoms with van der Waals surface area (Å²) in [5.41, 5.74) is 4.05. The molecule has 216 valence electrons. The second-order valence-corrected chi connectivity index (χ2v) is 11.5. The van der Waals surface area contributed by atoms with Gasteiger partial charge in [-0.3, -0.25) is 28.2 Å². The van der Waals surface area contributed by atoms with E-state index in [2.05, 4.69) is 14.2 Å². The Morgan fingerprint density at radius 3 is 2.42 bits per heavy atom. The SMILES string of the molecule is CC(=O)N[C@H]1C(OP(=O)(O)OP(=O)(O)OC[C@H]2O[C@@H](n3ccc(=O)[nH]c3=O)[C@H](O)[C@@H]2O)O[C@H](C)[C@@H](N)[C@@H]1O. The van der Waals surface area contributed by atoms with Crippen LogP contribution < -0.4 is 22.3 Å². The van der Waals surface area contributed by atoms with Gasteiger partial charge in [-0.1, -0.05) is 0 Å². The number of aromatic nitrogens is 2. The first-order valence-corrected chi connectivity index (χ1v) is 13.9. The molecule has 3 unspecified atom stereocenters. The quantitative estimate of drug-likeness (QED) is 0.129. The molecule has 1 aromatic rings. The molecule has 3 rings (SSSR count). The summed E-state index contributed by atoms with van der Waals surface area (Å²) in [6.45, 7) is 1.49. The minimum Gasteiger partial charge on any atom is -0.389 e. The molecule has 0 bridgehead atoms. The summed E-state index contributed by atoms with van der Waals surface area (Å²) in [5.74, 6) is -0.683. The molecule has 3 heterocycles. The van der Waals surface area contributed by atoms with Crippen molar-refractivity contribution in [3.8, 4) is 0 Å². The molecule has 1 amide bonds. The minimum atomic E-state index is -5.49. The van der Waals surface area contributed by atoms with Gasteiger partial charge in [-0.05, 0) is 6.92 Å². The second-order valence-electron chi connectivity index (χ2n) is 8.49. The summed E-state index contributed by atoms with van der Waals surface area (Å²) in [7, 11) is -10.9. The first-order chi connectivity index (χ1) is 17.5. The number of hydrogen-bond donors (Lipinski definition) is 8. The van der Waals surface area contributed by atoms with E-state index in [1.807, 2.05) is 4.98 Å². The number of phosphoric acid groups is 2. The van der Waals surface area contributed by atoms with E-state index in [1.54, 1.807) is 0 Å². The van der Waals surface area contributed by atoms with Gasteiger partial charge >= 0.3 is 21.3 Å². The molecule has 0 aromatic carbocycles. The molecule has 38 heavy (non-hydrogen) atoms. The third-order valence-electron chi connectivity index (χ3n) is 5.62. The lowest BCUT2D eigenvalue weighted by Gasteiger charge is -2.42. The number of carbonyl (C=O) groups excluding carboxylic acids is 1. The fourth-order valence-electron chi connectivity index (χ4n) is 3.74. The molecule has 2 fully saturated rings. The number of ether oxygens (including phenoxy) is 2. The fourth-order valence-corrected chi connectivity index (χ4v) is 5.90. The van der Waals surface area contributed by atoms with Crippen molar-refractivity contribution < 1.29 is 61.9 Å². The largest absolute Gasteiger partial charge is 0.483 e. The van der Waals surface area contributed by atoms with Crippen LogP contribution >= 0.6 is 15.6 Å². The lowest BCUT2D eigenvalue weighted by Crippen LogP contribution is -2.65. The number of nitrogens with two attached hydrogens (primary N) is 1. The van der Waals surface area contributed by atoms with Crippen molar-refractivity contribution in [2.75, 3.05) is 6.61 Å². The summed E-state index contributed by atoms with van der Waals surface area (Å²) in [6, 6.07) is -1.54. The predicted octanol–water partition coefficient (Wildman–Crippen LogP) is -3.66. The first kappa shape index (κ1) is 30.7. The van der Waals surface area contributed by atoms with Crippen molar-refractivity contribution in [1.82, 2.24) is 14.9 Å². The number of hydrogen-bond acceptors (Lipinski definition) is 14. The van der Waals surface area contributed by atoms with Crippen molar-refractivity contribution in [2.45, 2.75) is 69.0 Å². The highest BCUT2D eigenvalue weighted by molar-refractivity contribution is 7.61. The summed E-state index contributed by atoms with van der Waals surface area (Å²) < 4.78 is 49.7. The van der Waals surface area contributed by atoms with Gasteiger partial charge in [-0.15, -0.1) is 0 Å². The molecule has 2 aliphatic rings. The average molecular weight is 590 g/mol. The molecule has 2 aliphatic heterocycles. The topological polar surface area (TPSA) is 291 Å². The van der Waals surface area contributed by atoms with E-state index in [0.717, 1.165) is 23.8 Å². The standard InChI is InChI=1S/C17H28N4O15P2/c1-6-10(18)13(25)11(19-7(2)22)16(33-6)35-38(30,31)36-37(28,29)32-5-8-12(24)14(26)15(34-8)21-4-3-9(23)20-17(21)27/h3-4,6,8,10-16,24-26H,5,18H2,1-2H3,(H,19,22)(H,28,29)(H,30,31)(H,20,23,27)/t6-,8-,10-,11-,12-,13+,14-,15-,16?/m1/s1. The van der Waals surface area contributed by atoms with Crippen LogP contribution in [0.2, 0.25) is 0 Å². The molecule has 9 N–H and O–H groups in total. The van der Waals surface area contributed by atoms with Crippen LogP contribution in [-0.2, 0) is 36.8 Å². The highest BCUT2D eigenvalue weighted by atomic mass is 31.3. The Hall–Kier alpha value is -1.83. The van der Waals surface area contributed by atoms with Gasteiger partial charge in [0.25, 0.3) is 5.56 Å². The maximum atomic E-state index is 12.4. The average Bonchev–Trinajstić information content (AvgIpc) is 3.06. The number of phosphoric ester groups is 2. The molecule has 2 saturated heterocycles. The van der Waals surface area contributed by atoms with E-state index in [0.29, 0.717) is 0 Å². The summed E-state index contributed by atoms with van der Waals surface area (Å²) in [4.78, 5) is 56.5. The summed E-state index contributed by atoms with van der Waals surface area (Å²) in [6.07, 6.45) is -9.87. The maximum Gasteiger partial charge on any atom is 0.483 e. The van der Waals surface area contributed by atoms with Gasteiger partial charge in [0.05, 0.1) is 24.9 Å². The molecule has 1 aromatic heterocycles. The molecule has 0 saturated carbocycles. The Kier molecular flexibility index (Phi) is 9.48. The Bertz CT molecular complexity index is 1220. The molecule has 19 nitrogen and oxygen atoms in total. The number of carbonyl (C=O) groups is 1. The van der Waals surface area contributed by atoms with E-state index in [-0.39, 0.29) is 0 Å². The first-order valence-electron chi connectivity index (χ1n) is 10.9. The maximum absolute atomic E-state index is 12.4. The summed E-state index contributed by atoms with van der Waals surface area (Å²) in [5, 5.41) is 32.9. The zero-order chi connectivity index (χ0) is 28.6. The van der Waals surface area contributed by atoms with Crippen LogP contribution in [0.25, 0.3) is 0 Å². The minimum absolute atomic E-state index is 0.683. The van der Waals surface area contributed by atoms with Crippen molar-refractivity contribution in [1.29, 1.82) is 0 Å². The van der Waals surface area contributed by atoms with E-state index in [9.17, 15) is 48.6 Å². The van der Waals surface area contributed by atoms with Gasteiger partial charge in [0.2, 0.25) is 5.91 Å². The number of rotatable bonds is 9. The highest BCUT2D eigenvalue weighted by Crippen LogP contribution is 2.61. The molecule has 0 radical (unpaired) electrons. The Balaban J connectivity index is 1.64. The number of amides is 1. The van der Waals surface area contributed by atoms with Gasteiger partial charge in [-0.2, -0.15) is 4.31 Å². The van der Waals surface area contributed by atoms with Crippen molar-refractivity contribution in [2.24, 2.45) is 5.73 Å². The van der Waals surface area contributed by atoms with Crippen LogP contribution in [0.5, 0.6) is 0 Å². The smallest absolute Gasteiger partial charge is 0.389 e. The van der Waals surface area contributed by atoms with Gasteiger partial charge < -0.3 is 45.6 Å². The third kappa shape index (κ3) is 7.22. The molecule has 11 atom stereocenters. The van der Waals surface area contributed by atoms with Crippen LogP contribution in [0.3, 0.4) is 0 Å². The van der Waals surface area contributed by atoms with Crippen LogP contribution in [0, 0.1) is 0 Å². The monoisotopic (exact) mass is 590 g/mol. The van der Waals surface area contributed by atoms with Gasteiger partial charge in [-0.25, -0.2) is 13.9 Å². The zero-order valence-electron chi connectivity index (χ0n) is 19.8. The van der Waals surface area contributed by atoms with E-state index in [1.165, 1.54) is 6.92 Å². The number of aliphatic hydroxyl groups is 3. The van der Waals surface area contributed by atoms with Crippen molar-refractivity contribution in [3.63, 3.8) is 0 Å². The van der Waals surface area contributed by atoms with Crippen LogP contribution in [0.1, 0.15) is 20.1 Å². The molecule has 21 heteroatoms. The fraction of sp³-hybridized carbons (Fsp3) is 0.706. The van der Waals surface area contributed by atoms with Crippen LogP contribution in [0.15, 0.2) is 21.9 Å². The molecular formula is C17H28N4O15P2. The second kappa shape index (κ2) is 11.7. The van der Waals surface area contributed by atoms with E-state index >= 15 is 0 Å². The van der Waals surface area contributed by atoms with Crippen LogP contribution in [0.4, 0.5) is 0 Å². The normalized spacial score (nSPS) is 36.8. The zero-order valence-corrected chi connectivity index (χ0v) is 21.6. The lowest BCUT2D eigenvalue weighted by atomic mass is 9.96. The number of H-pyrrole nitrogens is 1. The van der Waals surface area contributed by atoms with Crippen LogP contribution in [-0.4, -0.2) is 96.1 Å². The van der Waals surface area contributed by atoms with Gasteiger partial charge in [0.1, 0.15) is 24.4 Å². The molecule has 0 spiro atoms. The number of aliphatic hydroxyl groups excluding tert-OH is 3. The third-order valence-corrected chi connectivity index (χ3v) is 8.22. The highest BCUT2D eigenvalue weighted by Gasteiger charge is 2.49. The molecular weight excluding hydrogens is 562 g/mol. The van der Waals surface area contributed by atoms with Crippen molar-refractivity contribution in [3.05, 3.63) is 33.1 Å². The molecule has 0 aliphatic carbocycles. The number of nitrogens with zero attached hydrogens (tertiary/aromatic N) is 1. The Morgan fingerprint density at radius 1 is 1.16 bits per heavy atom. The lowest BCUT2D eigenvalue weighted by molar-refractivity contribution is -0.203. The summed E-state index contributed by atoms with van der Waals surface area (Å²) >= 11 is 0. The Labute approximate surface area is 213 Å². The van der Waals surface area contributed by atoms with Gasteiger partial charge in [0, 0.05) is 19.2 Å². The predicted molar refractivity (Wildman–Crippen MR) is 121 cm³/mol. The number of nitrogens with one attached hydrogen (secondary N) is 2. The van der Waals surface area contributed by atoms with Gasteiger partial charge in [0.15, 0.2) is 12.5 Å². The Morgan fingerprint density at radius 2 is 1.82 bits per heavy atom. The van der Waals surface area contributed by atoms with E-state index < -0.39 is 94.5 Å². The van der Waals surface area contributed by atoms with E-state index in [4.69, 9.17) is 19.7 Å². The number of aromatic amines is 1. The van der Waals surface area contributed by atoms with Crippen molar-refractivity contribution >= 4 is 21.6 Å².